The molecule has 0 bridgehead atoms. The monoisotopic (exact) mass is 379 g/mol. The smallest absolute Gasteiger partial charge is 0.413 e. The Morgan fingerprint density at radius 1 is 1.00 bits per heavy atom. The van der Waals surface area contributed by atoms with Crippen LogP contribution in [0.2, 0.25) is 0 Å². The van der Waals surface area contributed by atoms with E-state index in [2.05, 4.69) is 15.6 Å². The van der Waals surface area contributed by atoms with Gasteiger partial charge in [-0.3, -0.25) is 4.79 Å². The van der Waals surface area contributed by atoms with E-state index in [-0.39, 0.29) is 17.5 Å². The number of phenols is 1. The normalized spacial score (nSPS) is 10.0. The first-order valence-corrected chi connectivity index (χ1v) is 8.28. The summed E-state index contributed by atoms with van der Waals surface area (Å²) in [5, 5.41) is 14.7. The van der Waals surface area contributed by atoms with Gasteiger partial charge < -0.3 is 25.2 Å². The first-order chi connectivity index (χ1) is 13.5. The van der Waals surface area contributed by atoms with Crippen LogP contribution in [0.1, 0.15) is 10.4 Å². The lowest BCUT2D eigenvalue weighted by atomic mass is 10.2. The van der Waals surface area contributed by atoms with Crippen LogP contribution in [0.15, 0.2) is 66.9 Å². The minimum absolute atomic E-state index is 0.0109. The maximum Gasteiger partial charge on any atom is 0.413 e. The number of hydrogen-bond donors (Lipinski definition) is 3. The Balaban J connectivity index is 1.66. The van der Waals surface area contributed by atoms with Crippen molar-refractivity contribution in [3.63, 3.8) is 0 Å². The summed E-state index contributed by atoms with van der Waals surface area (Å²) in [4.78, 5) is 27.4. The van der Waals surface area contributed by atoms with Crippen LogP contribution in [0.3, 0.4) is 0 Å². The molecule has 0 saturated carbocycles. The van der Waals surface area contributed by atoms with Gasteiger partial charge in [0.05, 0.1) is 5.69 Å². The number of rotatable bonds is 5. The highest BCUT2D eigenvalue weighted by molar-refractivity contribution is 6.05. The number of amides is 2. The number of phenolic OH excluding ortho intramolecular Hbond substituents is 1. The Labute approximate surface area is 160 Å². The van der Waals surface area contributed by atoms with E-state index in [0.29, 0.717) is 22.7 Å². The Morgan fingerprint density at radius 3 is 2.46 bits per heavy atom. The summed E-state index contributed by atoms with van der Waals surface area (Å²) in [6.45, 7) is 0. The Bertz CT molecular complexity index is 989. The fourth-order valence-electron chi connectivity index (χ4n) is 2.24. The molecule has 0 atom stereocenters. The number of carbonyl (C=O) groups excluding carboxylic acids is 2. The van der Waals surface area contributed by atoms with Crippen LogP contribution in [0, 0.1) is 0 Å². The van der Waals surface area contributed by atoms with Crippen molar-refractivity contribution in [1.82, 2.24) is 10.3 Å². The first-order valence-electron chi connectivity index (χ1n) is 8.28. The van der Waals surface area contributed by atoms with Crippen LogP contribution in [0.25, 0.3) is 0 Å². The molecule has 0 unspecified atom stereocenters. The van der Waals surface area contributed by atoms with Crippen molar-refractivity contribution >= 4 is 17.7 Å². The van der Waals surface area contributed by atoms with Gasteiger partial charge in [-0.1, -0.05) is 12.1 Å². The number of ether oxygens (including phenoxy) is 2. The number of pyridine rings is 1. The molecule has 3 rings (SSSR count). The van der Waals surface area contributed by atoms with Crippen molar-refractivity contribution in [3.05, 3.63) is 72.4 Å². The van der Waals surface area contributed by atoms with Crippen molar-refractivity contribution < 1.29 is 24.2 Å². The molecule has 142 valence electrons. The third-order valence-electron chi connectivity index (χ3n) is 3.61. The largest absolute Gasteiger partial charge is 0.506 e. The van der Waals surface area contributed by atoms with Gasteiger partial charge in [-0.25, -0.2) is 9.78 Å². The van der Waals surface area contributed by atoms with Gasteiger partial charge in [0.25, 0.3) is 5.91 Å². The minimum Gasteiger partial charge on any atom is -0.506 e. The predicted molar refractivity (Wildman–Crippen MR) is 102 cm³/mol. The van der Waals surface area contributed by atoms with Gasteiger partial charge in [0.1, 0.15) is 17.2 Å². The number of carbonyl (C=O) groups is 2. The molecule has 0 radical (unpaired) electrons. The van der Waals surface area contributed by atoms with Crippen molar-refractivity contribution in [3.8, 4) is 23.1 Å². The number of aromatic nitrogens is 1. The zero-order valence-corrected chi connectivity index (χ0v) is 14.9. The van der Waals surface area contributed by atoms with Crippen molar-refractivity contribution in [1.29, 1.82) is 0 Å². The average Bonchev–Trinajstić information content (AvgIpc) is 2.70. The van der Waals surface area contributed by atoms with Crippen LogP contribution in [-0.2, 0) is 0 Å². The molecule has 2 aromatic carbocycles. The lowest BCUT2D eigenvalue weighted by Crippen LogP contribution is -2.22. The van der Waals surface area contributed by atoms with Crippen LogP contribution in [0.4, 0.5) is 10.5 Å². The molecule has 0 aliphatic carbocycles. The molecule has 28 heavy (non-hydrogen) atoms. The Morgan fingerprint density at radius 2 is 1.75 bits per heavy atom. The topological polar surface area (TPSA) is 110 Å². The van der Waals surface area contributed by atoms with Crippen molar-refractivity contribution in [2.24, 2.45) is 0 Å². The summed E-state index contributed by atoms with van der Waals surface area (Å²) in [6.07, 6.45) is 0.811. The second kappa shape index (κ2) is 8.54. The van der Waals surface area contributed by atoms with Crippen molar-refractivity contribution in [2.45, 2.75) is 0 Å². The third-order valence-corrected chi connectivity index (χ3v) is 3.61. The van der Waals surface area contributed by atoms with E-state index >= 15 is 0 Å². The number of nitrogens with one attached hydrogen (secondary N) is 2. The van der Waals surface area contributed by atoms with Crippen LogP contribution in [-0.4, -0.2) is 29.1 Å². The van der Waals surface area contributed by atoms with Gasteiger partial charge in [-0.05, 0) is 42.5 Å². The number of aromatic hydroxyl groups is 1. The molecule has 3 aromatic rings. The van der Waals surface area contributed by atoms with Gasteiger partial charge in [0.2, 0.25) is 5.88 Å². The van der Waals surface area contributed by atoms with E-state index in [0.717, 1.165) is 0 Å². The summed E-state index contributed by atoms with van der Waals surface area (Å²) in [6, 6.07) is 16.0. The van der Waals surface area contributed by atoms with Gasteiger partial charge in [-0.2, -0.15) is 0 Å². The van der Waals surface area contributed by atoms with Gasteiger partial charge in [0.15, 0.2) is 0 Å². The Hall–Kier alpha value is -4.07. The van der Waals surface area contributed by atoms with Gasteiger partial charge in [-0.15, -0.1) is 0 Å². The molecular weight excluding hydrogens is 362 g/mol. The number of hydrogen-bond acceptors (Lipinski definition) is 6. The molecule has 8 heteroatoms. The summed E-state index contributed by atoms with van der Waals surface area (Å²) in [5.74, 6) is 0.619. The van der Waals surface area contributed by atoms with Crippen molar-refractivity contribution in [2.75, 3.05) is 12.4 Å². The maximum absolute atomic E-state index is 12.3. The van der Waals surface area contributed by atoms with Gasteiger partial charge in [0, 0.05) is 24.9 Å². The number of benzene rings is 2. The molecule has 0 fully saturated rings. The third kappa shape index (κ3) is 4.76. The fraction of sp³-hybridized carbons (Fsp3) is 0.0500. The summed E-state index contributed by atoms with van der Waals surface area (Å²) >= 11 is 0. The second-order valence-corrected chi connectivity index (χ2v) is 5.57. The van der Waals surface area contributed by atoms with E-state index in [9.17, 15) is 14.7 Å². The molecule has 0 aliphatic rings. The molecule has 0 spiro atoms. The molecular formula is C20H17N3O5. The van der Waals surface area contributed by atoms with E-state index < -0.39 is 6.09 Å². The number of anilines is 1. The molecule has 8 nitrogen and oxygen atoms in total. The quantitative estimate of drug-likeness (QED) is 0.585. The fourth-order valence-corrected chi connectivity index (χ4v) is 2.24. The van der Waals surface area contributed by atoms with E-state index in [1.165, 1.54) is 25.4 Å². The molecule has 1 aromatic heterocycles. The molecule has 2 amide bonds. The highest BCUT2D eigenvalue weighted by Crippen LogP contribution is 2.25. The summed E-state index contributed by atoms with van der Waals surface area (Å²) < 4.78 is 10.6. The standard InChI is InChI=1S/C20H17N3O5/c1-21-20(26)28-18-12-15(10-11-22-18)27-14-8-6-13(7-9-14)19(25)23-16-4-2-3-5-17(16)24/h2-12,24H,1H3,(H,21,26)(H,23,25). The Kier molecular flexibility index (Phi) is 5.71. The summed E-state index contributed by atoms with van der Waals surface area (Å²) in [7, 11) is 1.44. The molecule has 0 saturated heterocycles. The SMILES string of the molecule is CNC(=O)Oc1cc(Oc2ccc(C(=O)Nc3ccccc3O)cc2)ccn1. The van der Waals surface area contributed by atoms with Crippen LogP contribution < -0.4 is 20.1 Å². The summed E-state index contributed by atoms with van der Waals surface area (Å²) in [5.41, 5.74) is 0.724. The van der Waals surface area contributed by atoms with E-state index in [4.69, 9.17) is 9.47 Å². The molecule has 1 heterocycles. The van der Waals surface area contributed by atoms with Crippen LogP contribution >= 0.6 is 0 Å². The highest BCUT2D eigenvalue weighted by atomic mass is 16.6. The molecule has 3 N–H and O–H groups in total. The minimum atomic E-state index is -0.635. The number of nitrogens with zero attached hydrogens (tertiary/aromatic N) is 1. The highest BCUT2D eigenvalue weighted by Gasteiger charge is 2.10. The van der Waals surface area contributed by atoms with E-state index in [1.54, 1.807) is 48.5 Å². The second-order valence-electron chi connectivity index (χ2n) is 5.57. The average molecular weight is 379 g/mol. The first kappa shape index (κ1) is 18.7. The predicted octanol–water partition coefficient (Wildman–Crippen LogP) is 3.55. The maximum atomic E-state index is 12.3. The lowest BCUT2D eigenvalue weighted by Gasteiger charge is -2.09. The lowest BCUT2D eigenvalue weighted by molar-refractivity contribution is 0.102. The van der Waals surface area contributed by atoms with E-state index in [1.807, 2.05) is 0 Å². The zero-order chi connectivity index (χ0) is 19.9. The van der Waals surface area contributed by atoms with Gasteiger partial charge >= 0.3 is 6.09 Å². The zero-order valence-electron chi connectivity index (χ0n) is 14.9. The number of para-hydroxylation sites is 2. The van der Waals surface area contributed by atoms with Crippen LogP contribution in [0.5, 0.6) is 23.1 Å². The molecule has 0 aliphatic heterocycles.